The number of imide groups is 1. The lowest BCUT2D eigenvalue weighted by atomic mass is 9.79. The van der Waals surface area contributed by atoms with Crippen LogP contribution in [0.15, 0.2) is 12.2 Å². The van der Waals surface area contributed by atoms with Gasteiger partial charge in [-0.3, -0.25) is 10.1 Å². The van der Waals surface area contributed by atoms with Gasteiger partial charge in [0.15, 0.2) is 0 Å². The molecule has 0 bridgehead atoms. The summed E-state index contributed by atoms with van der Waals surface area (Å²) in [6, 6.07) is -0.505. The molecule has 1 fully saturated rings. The molecule has 0 aromatic rings. The number of hydrogen-bond donors (Lipinski definition) is 3. The molecule has 0 aliphatic heterocycles. The maximum Gasteiger partial charge on any atom is 0.328 e. The van der Waals surface area contributed by atoms with Crippen LogP contribution in [0.1, 0.15) is 33.1 Å². The number of carboxylic acids is 1. The number of carboxylic acid groups (broad SMARTS) is 1. The Balaban J connectivity index is 2.35. The third-order valence-electron chi connectivity index (χ3n) is 3.55. The van der Waals surface area contributed by atoms with Crippen molar-refractivity contribution in [3.05, 3.63) is 12.2 Å². The predicted molar refractivity (Wildman–Crippen MR) is 69.4 cm³/mol. The van der Waals surface area contributed by atoms with Crippen LogP contribution in [0, 0.1) is 11.8 Å². The van der Waals surface area contributed by atoms with E-state index in [0.29, 0.717) is 17.9 Å². The predicted octanol–water partition coefficient (Wildman–Crippen LogP) is 1.28. The maximum atomic E-state index is 11.5. The van der Waals surface area contributed by atoms with E-state index in [9.17, 15) is 14.4 Å². The van der Waals surface area contributed by atoms with Crippen molar-refractivity contribution in [3.8, 4) is 0 Å². The van der Waals surface area contributed by atoms with Crippen LogP contribution in [-0.4, -0.2) is 29.1 Å². The maximum absolute atomic E-state index is 11.5. The highest BCUT2D eigenvalue weighted by Crippen LogP contribution is 2.29. The summed E-state index contributed by atoms with van der Waals surface area (Å²) in [5.41, 5.74) is 0. The molecule has 1 aliphatic carbocycles. The smallest absolute Gasteiger partial charge is 0.328 e. The lowest BCUT2D eigenvalue weighted by Crippen LogP contribution is -2.46. The van der Waals surface area contributed by atoms with E-state index < -0.39 is 17.9 Å². The van der Waals surface area contributed by atoms with Gasteiger partial charge in [0.25, 0.3) is 5.91 Å². The summed E-state index contributed by atoms with van der Waals surface area (Å²) in [6.07, 6.45) is 4.35. The van der Waals surface area contributed by atoms with Crippen molar-refractivity contribution >= 4 is 17.9 Å². The molecular formula is C13H20N2O4. The van der Waals surface area contributed by atoms with Crippen molar-refractivity contribution in [1.29, 1.82) is 0 Å². The van der Waals surface area contributed by atoms with Crippen molar-refractivity contribution < 1.29 is 19.5 Å². The Kier molecular flexibility index (Phi) is 5.54. The highest BCUT2D eigenvalue weighted by Gasteiger charge is 2.25. The zero-order valence-corrected chi connectivity index (χ0v) is 11.2. The number of urea groups is 1. The number of nitrogens with one attached hydrogen (secondary N) is 2. The first-order chi connectivity index (χ1) is 8.88. The van der Waals surface area contributed by atoms with E-state index in [0.717, 1.165) is 25.3 Å². The molecule has 0 spiro atoms. The van der Waals surface area contributed by atoms with E-state index in [-0.39, 0.29) is 6.04 Å². The molecule has 0 heterocycles. The molecule has 0 aromatic heterocycles. The third-order valence-corrected chi connectivity index (χ3v) is 3.55. The highest BCUT2D eigenvalue weighted by atomic mass is 16.4. The van der Waals surface area contributed by atoms with E-state index in [1.54, 1.807) is 0 Å². The Bertz CT molecular complexity index is 392. The minimum absolute atomic E-state index is 0.0717. The minimum atomic E-state index is -1.23. The molecule has 3 unspecified atom stereocenters. The van der Waals surface area contributed by atoms with Crippen molar-refractivity contribution in [1.82, 2.24) is 10.6 Å². The monoisotopic (exact) mass is 268 g/mol. The largest absolute Gasteiger partial charge is 0.478 e. The van der Waals surface area contributed by atoms with E-state index >= 15 is 0 Å². The molecule has 106 valence electrons. The zero-order valence-electron chi connectivity index (χ0n) is 11.2. The molecule has 1 rings (SSSR count). The molecule has 3 atom stereocenters. The first-order valence-corrected chi connectivity index (χ1v) is 6.41. The van der Waals surface area contributed by atoms with Gasteiger partial charge in [-0.25, -0.2) is 9.59 Å². The average Bonchev–Trinajstić information content (AvgIpc) is 2.31. The Morgan fingerprint density at radius 1 is 1.11 bits per heavy atom. The van der Waals surface area contributed by atoms with Crippen LogP contribution in [0.25, 0.3) is 0 Å². The molecule has 6 heteroatoms. The van der Waals surface area contributed by atoms with Crippen LogP contribution >= 0.6 is 0 Å². The number of amides is 3. The highest BCUT2D eigenvalue weighted by molar-refractivity contribution is 6.02. The summed E-state index contributed by atoms with van der Waals surface area (Å²) >= 11 is 0. The fraction of sp³-hybridized carbons (Fsp3) is 0.615. The third kappa shape index (κ3) is 5.54. The Labute approximate surface area is 112 Å². The quantitative estimate of drug-likeness (QED) is 0.672. The van der Waals surface area contributed by atoms with Gasteiger partial charge in [0, 0.05) is 18.2 Å². The van der Waals surface area contributed by atoms with Gasteiger partial charge in [-0.05, 0) is 31.1 Å². The first kappa shape index (κ1) is 15.2. The normalized spacial score (nSPS) is 26.9. The van der Waals surface area contributed by atoms with Crippen LogP contribution in [-0.2, 0) is 9.59 Å². The summed E-state index contributed by atoms with van der Waals surface area (Å²) < 4.78 is 0. The molecule has 1 saturated carbocycles. The molecule has 0 radical (unpaired) electrons. The van der Waals surface area contributed by atoms with Gasteiger partial charge in [0.05, 0.1) is 0 Å². The molecule has 3 amide bonds. The fourth-order valence-electron chi connectivity index (χ4n) is 2.20. The molecule has 0 aromatic carbocycles. The van der Waals surface area contributed by atoms with Gasteiger partial charge >= 0.3 is 12.0 Å². The second-order valence-corrected chi connectivity index (χ2v) is 5.10. The Morgan fingerprint density at radius 2 is 1.79 bits per heavy atom. The second-order valence-electron chi connectivity index (χ2n) is 5.10. The van der Waals surface area contributed by atoms with Crippen LogP contribution in [0.4, 0.5) is 4.79 Å². The summed E-state index contributed by atoms with van der Waals surface area (Å²) in [5.74, 6) is -0.773. The topological polar surface area (TPSA) is 95.5 Å². The fourth-order valence-corrected chi connectivity index (χ4v) is 2.20. The number of carbonyl (C=O) groups is 3. The molecule has 1 aliphatic rings. The van der Waals surface area contributed by atoms with Gasteiger partial charge < -0.3 is 10.4 Å². The number of aliphatic carboxylic acids is 1. The van der Waals surface area contributed by atoms with Crippen LogP contribution in [0.3, 0.4) is 0 Å². The lowest BCUT2D eigenvalue weighted by molar-refractivity contribution is -0.131. The molecular weight excluding hydrogens is 248 g/mol. The van der Waals surface area contributed by atoms with Gasteiger partial charge in [-0.1, -0.05) is 13.8 Å². The molecule has 0 saturated heterocycles. The summed E-state index contributed by atoms with van der Waals surface area (Å²) in [4.78, 5) is 32.9. The Morgan fingerprint density at radius 3 is 2.37 bits per heavy atom. The second kappa shape index (κ2) is 6.92. The first-order valence-electron chi connectivity index (χ1n) is 6.41. The van der Waals surface area contributed by atoms with E-state index in [4.69, 9.17) is 5.11 Å². The van der Waals surface area contributed by atoms with E-state index in [1.165, 1.54) is 0 Å². The Hall–Kier alpha value is -1.85. The van der Waals surface area contributed by atoms with Crippen LogP contribution in [0.2, 0.25) is 0 Å². The SMILES string of the molecule is CC1CCC(NC(=O)NC(=O)/C=C/C(=O)O)CC1C. The van der Waals surface area contributed by atoms with Crippen molar-refractivity contribution in [3.63, 3.8) is 0 Å². The van der Waals surface area contributed by atoms with Gasteiger partial charge in [0.2, 0.25) is 0 Å². The number of carbonyl (C=O) groups excluding carboxylic acids is 2. The lowest BCUT2D eigenvalue weighted by Gasteiger charge is -2.32. The molecule has 3 N–H and O–H groups in total. The van der Waals surface area contributed by atoms with Crippen LogP contribution in [0.5, 0.6) is 0 Å². The van der Waals surface area contributed by atoms with Crippen molar-refractivity contribution in [2.24, 2.45) is 11.8 Å². The summed E-state index contributed by atoms with van der Waals surface area (Å²) in [6.45, 7) is 4.35. The van der Waals surface area contributed by atoms with Crippen molar-refractivity contribution in [2.45, 2.75) is 39.2 Å². The summed E-state index contributed by atoms with van der Waals surface area (Å²) in [7, 11) is 0. The van der Waals surface area contributed by atoms with Crippen LogP contribution < -0.4 is 10.6 Å². The van der Waals surface area contributed by atoms with Gasteiger partial charge in [0.1, 0.15) is 0 Å². The van der Waals surface area contributed by atoms with E-state index in [2.05, 4.69) is 24.5 Å². The number of rotatable bonds is 3. The van der Waals surface area contributed by atoms with E-state index in [1.807, 2.05) is 0 Å². The average molecular weight is 268 g/mol. The van der Waals surface area contributed by atoms with Gasteiger partial charge in [-0.15, -0.1) is 0 Å². The standard InChI is InChI=1S/C13H20N2O4/c1-8-3-4-10(7-9(8)2)14-13(19)15-11(16)5-6-12(17)18/h5-6,8-10H,3-4,7H2,1-2H3,(H,17,18)(H2,14,15,16,19)/b6-5+. The zero-order chi connectivity index (χ0) is 14.4. The van der Waals surface area contributed by atoms with Gasteiger partial charge in [-0.2, -0.15) is 0 Å². The minimum Gasteiger partial charge on any atom is -0.478 e. The summed E-state index contributed by atoms with van der Waals surface area (Å²) in [5, 5.41) is 13.1. The number of hydrogen-bond acceptors (Lipinski definition) is 3. The van der Waals surface area contributed by atoms with Crippen molar-refractivity contribution in [2.75, 3.05) is 0 Å². The molecule has 19 heavy (non-hydrogen) atoms. The molecule has 6 nitrogen and oxygen atoms in total.